The second-order valence-electron chi connectivity index (χ2n) is 6.35. The quantitative estimate of drug-likeness (QED) is 0.789. The van der Waals surface area contributed by atoms with E-state index in [9.17, 15) is 0 Å². The summed E-state index contributed by atoms with van der Waals surface area (Å²) in [6, 6.07) is 6.94. The minimum Gasteiger partial charge on any atom is -0.359 e. The number of hydrogen-bond donors (Lipinski definition) is 2. The molecule has 0 bridgehead atoms. The summed E-state index contributed by atoms with van der Waals surface area (Å²) < 4.78 is 0. The van der Waals surface area contributed by atoms with Gasteiger partial charge in [-0.3, -0.25) is 0 Å². The predicted octanol–water partition coefficient (Wildman–Crippen LogP) is 4.41. The Labute approximate surface area is 128 Å². The molecule has 0 heterocycles. The van der Waals surface area contributed by atoms with E-state index in [1.165, 1.54) is 30.4 Å². The van der Waals surface area contributed by atoms with E-state index in [0.29, 0.717) is 12.0 Å². The van der Waals surface area contributed by atoms with Crippen molar-refractivity contribution in [3.63, 3.8) is 0 Å². The van der Waals surface area contributed by atoms with Crippen LogP contribution in [0.3, 0.4) is 0 Å². The van der Waals surface area contributed by atoms with Crippen LogP contribution in [0.4, 0.5) is 5.69 Å². The van der Waals surface area contributed by atoms with Gasteiger partial charge in [-0.1, -0.05) is 32.8 Å². The molecule has 2 rings (SSSR count). The van der Waals surface area contributed by atoms with Gasteiger partial charge in [0.15, 0.2) is 5.11 Å². The summed E-state index contributed by atoms with van der Waals surface area (Å²) in [4.78, 5) is 0. The van der Waals surface area contributed by atoms with E-state index in [-0.39, 0.29) is 0 Å². The number of nitrogens with one attached hydrogen (secondary N) is 2. The van der Waals surface area contributed by atoms with E-state index in [2.05, 4.69) is 56.5 Å². The topological polar surface area (TPSA) is 24.1 Å². The molecule has 1 aliphatic carbocycles. The van der Waals surface area contributed by atoms with Gasteiger partial charge in [-0.2, -0.15) is 0 Å². The number of rotatable bonds is 2. The minimum absolute atomic E-state index is 0.504. The third kappa shape index (κ3) is 3.95. The molecule has 20 heavy (non-hydrogen) atoms. The van der Waals surface area contributed by atoms with Crippen molar-refractivity contribution in [2.24, 2.45) is 11.8 Å². The zero-order valence-electron chi connectivity index (χ0n) is 13.0. The van der Waals surface area contributed by atoms with E-state index in [0.717, 1.165) is 16.7 Å². The zero-order chi connectivity index (χ0) is 14.7. The number of anilines is 1. The highest BCUT2D eigenvalue weighted by Crippen LogP contribution is 2.29. The molecule has 3 heteroatoms. The Balaban J connectivity index is 1.95. The first kappa shape index (κ1) is 15.3. The summed E-state index contributed by atoms with van der Waals surface area (Å²) in [5.41, 5.74) is 3.60. The SMILES string of the molecule is Cc1cc(C)cc(NC(=S)N[C@@H]2CCC[C@@H](C)[C@@H]2C)c1. The summed E-state index contributed by atoms with van der Waals surface area (Å²) in [5, 5.41) is 7.58. The molecule has 0 spiro atoms. The van der Waals surface area contributed by atoms with Gasteiger partial charge in [-0.25, -0.2) is 0 Å². The molecule has 0 unspecified atom stereocenters. The third-order valence-electron chi connectivity index (χ3n) is 4.50. The molecule has 0 aliphatic heterocycles. The van der Waals surface area contributed by atoms with Crippen LogP contribution in [-0.2, 0) is 0 Å². The van der Waals surface area contributed by atoms with Crippen LogP contribution >= 0.6 is 12.2 Å². The number of benzene rings is 1. The van der Waals surface area contributed by atoms with Crippen LogP contribution in [0.1, 0.15) is 44.2 Å². The molecule has 0 amide bonds. The van der Waals surface area contributed by atoms with Gasteiger partial charge in [0.1, 0.15) is 0 Å². The van der Waals surface area contributed by atoms with Gasteiger partial charge in [-0.15, -0.1) is 0 Å². The fraction of sp³-hybridized carbons (Fsp3) is 0.588. The summed E-state index contributed by atoms with van der Waals surface area (Å²) in [6.07, 6.45) is 3.87. The Bertz CT molecular complexity index is 464. The van der Waals surface area contributed by atoms with Crippen molar-refractivity contribution in [1.29, 1.82) is 0 Å². The van der Waals surface area contributed by atoms with Crippen LogP contribution in [0.2, 0.25) is 0 Å². The van der Waals surface area contributed by atoms with Gasteiger partial charge in [-0.05, 0) is 67.6 Å². The third-order valence-corrected chi connectivity index (χ3v) is 4.72. The average Bonchev–Trinajstić information content (AvgIpc) is 2.33. The van der Waals surface area contributed by atoms with Crippen molar-refractivity contribution in [1.82, 2.24) is 5.32 Å². The van der Waals surface area contributed by atoms with Gasteiger partial charge in [0.25, 0.3) is 0 Å². The van der Waals surface area contributed by atoms with E-state index >= 15 is 0 Å². The molecule has 0 radical (unpaired) electrons. The van der Waals surface area contributed by atoms with Crippen LogP contribution < -0.4 is 10.6 Å². The lowest BCUT2D eigenvalue weighted by molar-refractivity contribution is 0.225. The summed E-state index contributed by atoms with van der Waals surface area (Å²) >= 11 is 5.47. The fourth-order valence-electron chi connectivity index (χ4n) is 3.17. The molecule has 2 N–H and O–H groups in total. The monoisotopic (exact) mass is 290 g/mol. The van der Waals surface area contributed by atoms with Crippen LogP contribution in [0.5, 0.6) is 0 Å². The highest BCUT2D eigenvalue weighted by Gasteiger charge is 2.27. The zero-order valence-corrected chi connectivity index (χ0v) is 13.8. The van der Waals surface area contributed by atoms with Crippen molar-refractivity contribution >= 4 is 23.0 Å². The molecule has 1 aromatic rings. The second kappa shape index (κ2) is 6.57. The Kier molecular flexibility index (Phi) is 5.03. The summed E-state index contributed by atoms with van der Waals surface area (Å²) in [6.45, 7) is 8.90. The Morgan fingerprint density at radius 1 is 1.10 bits per heavy atom. The molecule has 110 valence electrons. The Hall–Kier alpha value is -1.09. The van der Waals surface area contributed by atoms with Crippen molar-refractivity contribution in [3.05, 3.63) is 29.3 Å². The average molecular weight is 290 g/mol. The lowest BCUT2D eigenvalue weighted by Crippen LogP contribution is -2.45. The second-order valence-corrected chi connectivity index (χ2v) is 6.76. The lowest BCUT2D eigenvalue weighted by atomic mass is 9.78. The van der Waals surface area contributed by atoms with Crippen LogP contribution in [-0.4, -0.2) is 11.2 Å². The van der Waals surface area contributed by atoms with E-state index in [1.807, 2.05) is 0 Å². The van der Waals surface area contributed by atoms with Gasteiger partial charge in [0.2, 0.25) is 0 Å². The Morgan fingerprint density at radius 2 is 1.75 bits per heavy atom. The number of aryl methyl sites for hydroxylation is 2. The maximum Gasteiger partial charge on any atom is 0.171 e. The number of thiocarbonyl (C=S) groups is 1. The molecule has 1 aliphatic rings. The van der Waals surface area contributed by atoms with E-state index in [1.54, 1.807) is 0 Å². The van der Waals surface area contributed by atoms with Crippen molar-refractivity contribution in [2.45, 2.75) is 53.0 Å². The molecule has 0 aromatic heterocycles. The first-order chi connectivity index (χ1) is 9.45. The van der Waals surface area contributed by atoms with Crippen LogP contribution in [0, 0.1) is 25.7 Å². The molecule has 1 aromatic carbocycles. The minimum atomic E-state index is 0.504. The first-order valence-electron chi connectivity index (χ1n) is 7.61. The highest BCUT2D eigenvalue weighted by atomic mass is 32.1. The van der Waals surface area contributed by atoms with Gasteiger partial charge < -0.3 is 10.6 Å². The molecular weight excluding hydrogens is 264 g/mol. The van der Waals surface area contributed by atoms with E-state index < -0.39 is 0 Å². The van der Waals surface area contributed by atoms with Crippen molar-refractivity contribution in [3.8, 4) is 0 Å². The van der Waals surface area contributed by atoms with Crippen LogP contribution in [0.25, 0.3) is 0 Å². The predicted molar refractivity (Wildman–Crippen MR) is 91.2 cm³/mol. The van der Waals surface area contributed by atoms with Gasteiger partial charge in [0.05, 0.1) is 0 Å². The molecule has 3 atom stereocenters. The number of hydrogen-bond acceptors (Lipinski definition) is 1. The summed E-state index contributed by atoms with van der Waals surface area (Å²) in [5.74, 6) is 1.47. The summed E-state index contributed by atoms with van der Waals surface area (Å²) in [7, 11) is 0. The standard InChI is InChI=1S/C17H26N2S/c1-11-8-12(2)10-15(9-11)18-17(20)19-16-7-5-6-13(3)14(16)4/h8-10,13-14,16H,5-7H2,1-4H3,(H2,18,19,20)/t13-,14+,16-/m1/s1. The van der Waals surface area contributed by atoms with Crippen molar-refractivity contribution in [2.75, 3.05) is 5.32 Å². The normalized spacial score (nSPS) is 26.1. The van der Waals surface area contributed by atoms with Crippen molar-refractivity contribution < 1.29 is 0 Å². The Morgan fingerprint density at radius 3 is 2.40 bits per heavy atom. The molecule has 0 saturated heterocycles. The lowest BCUT2D eigenvalue weighted by Gasteiger charge is -2.35. The molecule has 2 nitrogen and oxygen atoms in total. The maximum absolute atomic E-state index is 5.47. The first-order valence-corrected chi connectivity index (χ1v) is 8.02. The van der Waals surface area contributed by atoms with Crippen LogP contribution in [0.15, 0.2) is 18.2 Å². The fourth-order valence-corrected chi connectivity index (χ4v) is 3.44. The van der Waals surface area contributed by atoms with Gasteiger partial charge >= 0.3 is 0 Å². The smallest absolute Gasteiger partial charge is 0.171 e. The molecule has 1 fully saturated rings. The highest BCUT2D eigenvalue weighted by molar-refractivity contribution is 7.80. The van der Waals surface area contributed by atoms with Gasteiger partial charge in [0, 0.05) is 11.7 Å². The molecular formula is C17H26N2S. The molecule has 1 saturated carbocycles. The maximum atomic E-state index is 5.47. The largest absolute Gasteiger partial charge is 0.359 e. The van der Waals surface area contributed by atoms with E-state index in [4.69, 9.17) is 12.2 Å².